The number of nitro benzene ring substituents is 1. The number of halogens is 5. The summed E-state index contributed by atoms with van der Waals surface area (Å²) in [4.78, 5) is 7.30. The summed E-state index contributed by atoms with van der Waals surface area (Å²) >= 11 is 0. The second kappa shape index (κ2) is 4.35. The molecule has 0 saturated heterocycles. The quantitative estimate of drug-likeness (QED) is 0.364. The highest BCUT2D eigenvalue weighted by molar-refractivity contribution is 8.13. The first-order valence-corrected chi connectivity index (χ1v) is 6.25. The van der Waals surface area contributed by atoms with Gasteiger partial charge in [-0.1, -0.05) is 0 Å². The molecule has 0 spiro atoms. The molecule has 11 heteroatoms. The maximum absolute atomic E-state index is 13.1. The lowest BCUT2D eigenvalue weighted by Gasteiger charge is -2.10. The zero-order valence-corrected chi connectivity index (χ0v) is 9.61. The van der Waals surface area contributed by atoms with Crippen LogP contribution in [0.4, 0.5) is 23.2 Å². The maximum Gasteiger partial charge on any atom is 0.417 e. The Morgan fingerprint density at radius 3 is 2.11 bits per heavy atom. The third kappa shape index (κ3) is 2.88. The molecule has 0 atom stereocenters. The van der Waals surface area contributed by atoms with E-state index in [2.05, 4.69) is 0 Å². The number of nitrogens with zero attached hydrogens (tertiary/aromatic N) is 1. The number of hydrogen-bond donors (Lipinski definition) is 0. The fourth-order valence-corrected chi connectivity index (χ4v) is 2.17. The molecule has 0 aliphatic rings. The Balaban J connectivity index is 3.75. The number of benzene rings is 1. The summed E-state index contributed by atoms with van der Waals surface area (Å²) < 4.78 is 72.2. The lowest BCUT2D eigenvalue weighted by Crippen LogP contribution is -2.12. The highest BCUT2D eigenvalue weighted by atomic mass is 35.7. The second-order valence-corrected chi connectivity index (χ2v) is 5.53. The van der Waals surface area contributed by atoms with Gasteiger partial charge in [-0.15, -0.1) is 0 Å². The van der Waals surface area contributed by atoms with E-state index in [9.17, 15) is 36.1 Å². The molecular weight excluding hydrogens is 306 g/mol. The minimum absolute atomic E-state index is 0.136. The molecule has 1 aromatic rings. The number of nitro groups is 1. The molecule has 0 fully saturated rings. The lowest BCUT2D eigenvalue weighted by atomic mass is 10.2. The van der Waals surface area contributed by atoms with Gasteiger partial charge >= 0.3 is 11.9 Å². The van der Waals surface area contributed by atoms with Crippen molar-refractivity contribution in [2.45, 2.75) is 11.1 Å². The molecule has 0 heterocycles. The average molecular weight is 308 g/mol. The van der Waals surface area contributed by atoms with Crippen LogP contribution < -0.4 is 0 Å². The first-order valence-electron chi connectivity index (χ1n) is 3.94. The number of hydrogen-bond acceptors (Lipinski definition) is 4. The summed E-state index contributed by atoms with van der Waals surface area (Å²) in [5.41, 5.74) is -3.39. The van der Waals surface area contributed by atoms with Crippen molar-refractivity contribution in [2.24, 2.45) is 0 Å². The molecule has 0 N–H and O–H groups in total. The Kier molecular flexibility index (Phi) is 3.54. The summed E-state index contributed by atoms with van der Waals surface area (Å²) in [6.07, 6.45) is -5.23. The summed E-state index contributed by atoms with van der Waals surface area (Å²) in [5.74, 6) is -1.73. The number of alkyl halides is 3. The fourth-order valence-electron chi connectivity index (χ4n) is 1.11. The van der Waals surface area contributed by atoms with Crippen molar-refractivity contribution in [1.29, 1.82) is 0 Å². The number of rotatable bonds is 2. The van der Waals surface area contributed by atoms with Crippen LogP contribution >= 0.6 is 10.7 Å². The van der Waals surface area contributed by atoms with Crippen LogP contribution in [0.5, 0.6) is 0 Å². The predicted molar refractivity (Wildman–Crippen MR) is 51.1 cm³/mol. The van der Waals surface area contributed by atoms with Crippen LogP contribution in [0.2, 0.25) is 0 Å². The van der Waals surface area contributed by atoms with Crippen LogP contribution in [0.1, 0.15) is 5.56 Å². The summed E-state index contributed by atoms with van der Waals surface area (Å²) in [7, 11) is -0.183. The molecule has 0 aliphatic carbocycles. The van der Waals surface area contributed by atoms with E-state index in [1.54, 1.807) is 0 Å². The van der Waals surface area contributed by atoms with Crippen LogP contribution in [0.3, 0.4) is 0 Å². The Bertz CT molecular complexity index is 613. The molecule has 0 bridgehead atoms. The predicted octanol–water partition coefficient (Wildman–Crippen LogP) is 2.68. The summed E-state index contributed by atoms with van der Waals surface area (Å²) in [6, 6.07) is -0.353. The van der Waals surface area contributed by atoms with Gasteiger partial charge in [0, 0.05) is 22.8 Å². The van der Waals surface area contributed by atoms with Crippen LogP contribution in [-0.2, 0) is 15.2 Å². The largest absolute Gasteiger partial charge is 0.417 e. The van der Waals surface area contributed by atoms with Crippen LogP contribution in [-0.4, -0.2) is 13.3 Å². The average Bonchev–Trinajstić information content (AvgIpc) is 2.13. The Labute approximate surface area is 102 Å². The summed E-state index contributed by atoms with van der Waals surface area (Å²) in [6.45, 7) is 0. The van der Waals surface area contributed by atoms with Crippen molar-refractivity contribution < 1.29 is 30.9 Å². The standard InChI is InChI=1S/C7H2ClF4NO4S/c8-18(16,17)6-2-4(9)5(13(14)15)1-3(6)7(10,11)12/h1-2H. The molecule has 18 heavy (non-hydrogen) atoms. The topological polar surface area (TPSA) is 77.3 Å². The van der Waals surface area contributed by atoms with Gasteiger partial charge in [0.2, 0.25) is 5.82 Å². The zero-order chi connectivity index (χ0) is 14.3. The van der Waals surface area contributed by atoms with E-state index in [0.717, 1.165) is 0 Å². The molecule has 0 saturated carbocycles. The zero-order valence-electron chi connectivity index (χ0n) is 8.03. The molecule has 100 valence electrons. The molecule has 0 unspecified atom stereocenters. The Morgan fingerprint density at radius 1 is 1.28 bits per heavy atom. The van der Waals surface area contributed by atoms with Crippen LogP contribution in [0.25, 0.3) is 0 Å². The Hall–Kier alpha value is -1.42. The van der Waals surface area contributed by atoms with Gasteiger partial charge in [0.15, 0.2) is 0 Å². The van der Waals surface area contributed by atoms with Gasteiger partial charge in [-0.3, -0.25) is 10.1 Å². The lowest BCUT2D eigenvalue weighted by molar-refractivity contribution is -0.387. The third-order valence-corrected chi connectivity index (χ3v) is 3.18. The first kappa shape index (κ1) is 14.6. The Morgan fingerprint density at radius 2 is 1.78 bits per heavy atom. The van der Waals surface area contributed by atoms with Crippen molar-refractivity contribution in [3.8, 4) is 0 Å². The van der Waals surface area contributed by atoms with Crippen molar-refractivity contribution >= 4 is 25.4 Å². The van der Waals surface area contributed by atoms with E-state index in [0.29, 0.717) is 0 Å². The molecular formula is C7H2ClF4NO4S. The van der Waals surface area contributed by atoms with Gasteiger partial charge in [-0.2, -0.15) is 17.6 Å². The van der Waals surface area contributed by atoms with E-state index in [1.807, 2.05) is 0 Å². The monoisotopic (exact) mass is 307 g/mol. The normalized spacial score (nSPS) is 12.5. The fraction of sp³-hybridized carbons (Fsp3) is 0.143. The van der Waals surface area contributed by atoms with Crippen molar-refractivity contribution in [3.63, 3.8) is 0 Å². The van der Waals surface area contributed by atoms with Crippen molar-refractivity contribution in [2.75, 3.05) is 0 Å². The highest BCUT2D eigenvalue weighted by Gasteiger charge is 2.39. The van der Waals surface area contributed by atoms with E-state index in [4.69, 9.17) is 10.7 Å². The SMILES string of the molecule is O=[N+]([O-])c1cc(C(F)(F)F)c(S(=O)(=O)Cl)cc1F. The molecule has 0 aromatic heterocycles. The van der Waals surface area contributed by atoms with E-state index >= 15 is 0 Å². The molecule has 0 amide bonds. The molecule has 5 nitrogen and oxygen atoms in total. The molecule has 0 radical (unpaired) electrons. The third-order valence-electron chi connectivity index (χ3n) is 1.81. The van der Waals surface area contributed by atoms with Gasteiger partial charge in [0.05, 0.1) is 15.4 Å². The summed E-state index contributed by atoms with van der Waals surface area (Å²) in [5, 5.41) is 10.3. The van der Waals surface area contributed by atoms with Crippen LogP contribution in [0.15, 0.2) is 17.0 Å². The van der Waals surface area contributed by atoms with E-state index in [1.165, 1.54) is 0 Å². The minimum Gasteiger partial charge on any atom is -0.258 e. The van der Waals surface area contributed by atoms with Crippen molar-refractivity contribution in [1.82, 2.24) is 0 Å². The van der Waals surface area contributed by atoms with Gasteiger partial charge in [0.25, 0.3) is 9.05 Å². The first-order chi connectivity index (χ1) is 7.94. The van der Waals surface area contributed by atoms with E-state index < -0.39 is 42.1 Å². The van der Waals surface area contributed by atoms with Crippen LogP contribution in [0, 0.1) is 15.9 Å². The minimum atomic E-state index is -5.23. The molecule has 0 aliphatic heterocycles. The van der Waals surface area contributed by atoms with Gasteiger partial charge in [0.1, 0.15) is 0 Å². The van der Waals surface area contributed by atoms with Gasteiger partial charge in [-0.05, 0) is 0 Å². The second-order valence-electron chi connectivity index (χ2n) is 2.99. The smallest absolute Gasteiger partial charge is 0.258 e. The van der Waals surface area contributed by atoms with E-state index in [-0.39, 0.29) is 12.1 Å². The molecule has 1 rings (SSSR count). The highest BCUT2D eigenvalue weighted by Crippen LogP contribution is 2.38. The maximum atomic E-state index is 13.1. The van der Waals surface area contributed by atoms with Gasteiger partial charge in [-0.25, -0.2) is 8.42 Å². The molecule has 1 aromatic carbocycles. The van der Waals surface area contributed by atoms with Gasteiger partial charge < -0.3 is 0 Å². The van der Waals surface area contributed by atoms with Crippen molar-refractivity contribution in [3.05, 3.63) is 33.6 Å².